The molecule has 2 rings (SSSR count). The van der Waals surface area contributed by atoms with Gasteiger partial charge < -0.3 is 15.4 Å². The molecule has 0 aliphatic heterocycles. The molecule has 0 unspecified atom stereocenters. The minimum absolute atomic E-state index is 0.0150. The Balaban J connectivity index is 2.23. The second kappa shape index (κ2) is 9.78. The highest BCUT2D eigenvalue weighted by atomic mass is 32.2. The summed E-state index contributed by atoms with van der Waals surface area (Å²) in [6.45, 7) is 8.29. The number of rotatable bonds is 9. The van der Waals surface area contributed by atoms with Gasteiger partial charge in [-0.3, -0.25) is 4.79 Å². The third-order valence-corrected chi connectivity index (χ3v) is 6.52. The lowest BCUT2D eigenvalue weighted by Gasteiger charge is -2.26. The Morgan fingerprint density at radius 3 is 2.14 bits per heavy atom. The summed E-state index contributed by atoms with van der Waals surface area (Å²) < 4.78 is 31.4. The van der Waals surface area contributed by atoms with E-state index in [1.807, 2.05) is 0 Å². The average molecular weight is 419 g/mol. The van der Waals surface area contributed by atoms with Crippen molar-refractivity contribution < 1.29 is 17.9 Å². The summed E-state index contributed by atoms with van der Waals surface area (Å²) in [5.74, 6) is 0.657. The summed E-state index contributed by atoms with van der Waals surface area (Å²) >= 11 is 0. The normalized spacial score (nSPS) is 11.7. The van der Waals surface area contributed by atoms with Crippen molar-refractivity contribution in [1.82, 2.24) is 5.32 Å². The van der Waals surface area contributed by atoms with Gasteiger partial charge in [0, 0.05) is 6.04 Å². The fraction of sp³-hybridized carbons (Fsp3) is 0.409. The Hall–Kier alpha value is -2.54. The molecule has 158 valence electrons. The van der Waals surface area contributed by atoms with Gasteiger partial charge in [-0.05, 0) is 36.1 Å². The van der Waals surface area contributed by atoms with Gasteiger partial charge in [0.2, 0.25) is 15.7 Å². The predicted molar refractivity (Wildman–Crippen MR) is 115 cm³/mol. The first-order valence-corrected chi connectivity index (χ1v) is 11.2. The summed E-state index contributed by atoms with van der Waals surface area (Å²) in [5, 5.41) is 6.04. The first kappa shape index (κ1) is 22.7. The minimum atomic E-state index is -3.75. The van der Waals surface area contributed by atoms with Crippen molar-refractivity contribution in [2.24, 2.45) is 11.8 Å². The molecule has 0 aliphatic rings. The summed E-state index contributed by atoms with van der Waals surface area (Å²) in [5.41, 5.74) is 0.449. The van der Waals surface area contributed by atoms with E-state index in [9.17, 15) is 13.2 Å². The van der Waals surface area contributed by atoms with Gasteiger partial charge in [-0.25, -0.2) is 8.42 Å². The Morgan fingerprint density at radius 2 is 1.59 bits per heavy atom. The first-order valence-electron chi connectivity index (χ1n) is 9.68. The van der Waals surface area contributed by atoms with E-state index in [0.29, 0.717) is 17.5 Å². The van der Waals surface area contributed by atoms with Crippen LogP contribution in [0.1, 0.15) is 27.7 Å². The molecule has 0 saturated heterocycles. The van der Waals surface area contributed by atoms with E-state index in [-0.39, 0.29) is 34.0 Å². The molecule has 0 fully saturated rings. The number of benzene rings is 2. The molecule has 2 N–H and O–H groups in total. The van der Waals surface area contributed by atoms with Gasteiger partial charge in [-0.2, -0.15) is 0 Å². The van der Waals surface area contributed by atoms with Crippen LogP contribution in [0.5, 0.6) is 5.75 Å². The molecule has 1 amide bonds. The number of methoxy groups -OCH3 is 1. The smallest absolute Gasteiger partial charge is 0.239 e. The van der Waals surface area contributed by atoms with E-state index in [4.69, 9.17) is 4.74 Å². The molecule has 29 heavy (non-hydrogen) atoms. The van der Waals surface area contributed by atoms with Gasteiger partial charge in [0.25, 0.3) is 0 Å². The number of nitrogens with one attached hydrogen (secondary N) is 2. The van der Waals surface area contributed by atoms with E-state index in [0.717, 1.165) is 0 Å². The lowest BCUT2D eigenvalue weighted by Crippen LogP contribution is -2.44. The van der Waals surface area contributed by atoms with Crippen LogP contribution in [-0.2, 0) is 14.6 Å². The van der Waals surface area contributed by atoms with Crippen molar-refractivity contribution in [3.05, 3.63) is 48.5 Å². The van der Waals surface area contributed by atoms with Crippen molar-refractivity contribution >= 4 is 21.4 Å². The second-order valence-electron chi connectivity index (χ2n) is 7.59. The molecule has 0 aliphatic carbocycles. The van der Waals surface area contributed by atoms with E-state index in [2.05, 4.69) is 38.3 Å². The highest BCUT2D eigenvalue weighted by molar-refractivity contribution is 7.91. The van der Waals surface area contributed by atoms with Crippen LogP contribution in [0.2, 0.25) is 0 Å². The molecule has 2 aromatic rings. The van der Waals surface area contributed by atoms with Gasteiger partial charge >= 0.3 is 0 Å². The third kappa shape index (κ3) is 5.50. The molecule has 0 atom stereocenters. The quantitative estimate of drug-likeness (QED) is 0.648. The summed E-state index contributed by atoms with van der Waals surface area (Å²) in [6, 6.07) is 13.1. The van der Waals surface area contributed by atoms with Crippen molar-refractivity contribution in [1.29, 1.82) is 0 Å². The molecule has 0 heterocycles. The molecule has 2 aromatic carbocycles. The third-order valence-electron chi connectivity index (χ3n) is 4.73. The van der Waals surface area contributed by atoms with Crippen LogP contribution < -0.4 is 15.4 Å². The van der Waals surface area contributed by atoms with Crippen molar-refractivity contribution in [3.63, 3.8) is 0 Å². The maximum atomic E-state index is 13.0. The molecular formula is C22H30N2O4S. The highest BCUT2D eigenvalue weighted by Gasteiger charge is 2.24. The molecule has 0 spiro atoms. The van der Waals surface area contributed by atoms with Gasteiger partial charge in [0.15, 0.2) is 5.75 Å². The Bertz CT molecular complexity index is 917. The van der Waals surface area contributed by atoms with E-state index < -0.39 is 9.84 Å². The van der Waals surface area contributed by atoms with E-state index in [1.54, 1.807) is 42.5 Å². The SMILES string of the molecule is COc1c(NCC(=O)NC(C(C)C)C(C)C)cccc1S(=O)(=O)c1ccccc1. The fourth-order valence-electron chi connectivity index (χ4n) is 3.32. The topological polar surface area (TPSA) is 84.5 Å². The number of amides is 1. The molecule has 6 nitrogen and oxygen atoms in total. The maximum Gasteiger partial charge on any atom is 0.239 e. The zero-order valence-electron chi connectivity index (χ0n) is 17.6. The lowest BCUT2D eigenvalue weighted by atomic mass is 9.93. The number of carbonyl (C=O) groups excluding carboxylic acids is 1. The molecular weight excluding hydrogens is 388 g/mol. The number of sulfone groups is 1. The van der Waals surface area contributed by atoms with Gasteiger partial charge in [0.05, 0.1) is 24.2 Å². The number of para-hydroxylation sites is 1. The van der Waals surface area contributed by atoms with Gasteiger partial charge in [0.1, 0.15) is 4.90 Å². The summed E-state index contributed by atoms with van der Waals surface area (Å²) in [6.07, 6.45) is 0. The standard InChI is InChI=1S/C22H30N2O4S/c1-15(2)21(16(3)4)24-20(25)14-23-18-12-9-13-19(22(18)28-5)29(26,27)17-10-7-6-8-11-17/h6-13,15-16,21,23H,14H2,1-5H3,(H,24,25). The molecule has 0 radical (unpaired) electrons. The van der Waals surface area contributed by atoms with Crippen LogP contribution >= 0.6 is 0 Å². The van der Waals surface area contributed by atoms with Crippen molar-refractivity contribution in [2.45, 2.75) is 43.5 Å². The molecule has 0 aromatic heterocycles. The number of carbonyl (C=O) groups is 1. The van der Waals surface area contributed by atoms with Gasteiger partial charge in [-0.1, -0.05) is 52.0 Å². The number of hydrogen-bond acceptors (Lipinski definition) is 5. The van der Waals surface area contributed by atoms with Crippen LogP contribution in [-0.4, -0.2) is 34.0 Å². The summed E-state index contributed by atoms with van der Waals surface area (Å²) in [4.78, 5) is 12.6. The van der Waals surface area contributed by atoms with E-state index in [1.165, 1.54) is 13.2 Å². The Labute approximate surface area is 173 Å². The molecule has 0 bridgehead atoms. The van der Waals surface area contributed by atoms with Gasteiger partial charge in [-0.15, -0.1) is 0 Å². The van der Waals surface area contributed by atoms with Crippen LogP contribution in [0.3, 0.4) is 0 Å². The van der Waals surface area contributed by atoms with Crippen LogP contribution in [0, 0.1) is 11.8 Å². The fourth-order valence-corrected chi connectivity index (χ4v) is 4.78. The Kier molecular flexibility index (Phi) is 7.67. The number of hydrogen-bond donors (Lipinski definition) is 2. The molecule has 7 heteroatoms. The second-order valence-corrected chi connectivity index (χ2v) is 9.51. The largest absolute Gasteiger partial charge is 0.493 e. The first-order chi connectivity index (χ1) is 13.7. The average Bonchev–Trinajstić information content (AvgIpc) is 2.70. The molecule has 0 saturated carbocycles. The van der Waals surface area contributed by atoms with Crippen molar-refractivity contribution in [3.8, 4) is 5.75 Å². The van der Waals surface area contributed by atoms with Crippen LogP contribution in [0.15, 0.2) is 58.3 Å². The zero-order valence-corrected chi connectivity index (χ0v) is 18.4. The predicted octanol–water partition coefficient (Wildman–Crippen LogP) is 3.74. The highest BCUT2D eigenvalue weighted by Crippen LogP contribution is 2.35. The number of anilines is 1. The lowest BCUT2D eigenvalue weighted by molar-refractivity contribution is -0.120. The zero-order chi connectivity index (χ0) is 21.6. The number of ether oxygens (including phenoxy) is 1. The summed E-state index contributed by atoms with van der Waals surface area (Å²) in [7, 11) is -2.33. The van der Waals surface area contributed by atoms with Crippen LogP contribution in [0.25, 0.3) is 0 Å². The Morgan fingerprint density at radius 1 is 0.966 bits per heavy atom. The van der Waals surface area contributed by atoms with E-state index >= 15 is 0 Å². The van der Waals surface area contributed by atoms with Crippen LogP contribution in [0.4, 0.5) is 5.69 Å². The minimum Gasteiger partial charge on any atom is -0.493 e. The monoisotopic (exact) mass is 418 g/mol. The van der Waals surface area contributed by atoms with Crippen molar-refractivity contribution in [2.75, 3.05) is 19.0 Å². The maximum absolute atomic E-state index is 13.0.